The summed E-state index contributed by atoms with van der Waals surface area (Å²) in [7, 11) is 1.81. The van der Waals surface area contributed by atoms with E-state index in [1.165, 1.54) is 0 Å². The standard InChI is InChI=1S/C14H17N5OS/c1-19-9-17-12(18-19)6-7-16-13(20)8-10-2-4-11(5-3-10)14(15)21/h2-5,9H,6-8H2,1H3,(H2,15,21)(H,16,20). The van der Waals surface area contributed by atoms with E-state index in [1.807, 2.05) is 31.3 Å². The Morgan fingerprint density at radius 3 is 2.67 bits per heavy atom. The molecule has 0 saturated heterocycles. The van der Waals surface area contributed by atoms with Crippen LogP contribution >= 0.6 is 12.2 Å². The number of carbonyl (C=O) groups is 1. The van der Waals surface area contributed by atoms with E-state index in [2.05, 4.69) is 15.4 Å². The number of hydrogen-bond acceptors (Lipinski definition) is 4. The summed E-state index contributed by atoms with van der Waals surface area (Å²) in [5, 5.41) is 7.00. The number of aromatic nitrogens is 3. The quantitative estimate of drug-likeness (QED) is 0.752. The molecule has 1 heterocycles. The number of benzene rings is 1. The molecule has 0 bridgehead atoms. The molecule has 3 N–H and O–H groups in total. The highest BCUT2D eigenvalue weighted by molar-refractivity contribution is 7.80. The van der Waals surface area contributed by atoms with Gasteiger partial charge in [0.2, 0.25) is 5.91 Å². The van der Waals surface area contributed by atoms with Gasteiger partial charge in [-0.3, -0.25) is 9.48 Å². The summed E-state index contributed by atoms with van der Waals surface area (Å²) < 4.78 is 1.64. The van der Waals surface area contributed by atoms with Gasteiger partial charge < -0.3 is 11.1 Å². The second kappa shape index (κ2) is 6.94. The maximum atomic E-state index is 11.8. The molecule has 7 heteroatoms. The average molecular weight is 303 g/mol. The Morgan fingerprint density at radius 2 is 2.10 bits per heavy atom. The number of nitrogens with one attached hydrogen (secondary N) is 1. The maximum absolute atomic E-state index is 11.8. The molecule has 2 rings (SSSR count). The van der Waals surface area contributed by atoms with Gasteiger partial charge in [0.1, 0.15) is 11.3 Å². The second-order valence-electron chi connectivity index (χ2n) is 4.67. The van der Waals surface area contributed by atoms with Crippen LogP contribution in [0.1, 0.15) is 17.0 Å². The highest BCUT2D eigenvalue weighted by Crippen LogP contribution is 2.05. The Morgan fingerprint density at radius 1 is 1.38 bits per heavy atom. The van der Waals surface area contributed by atoms with Crippen LogP contribution in [-0.2, 0) is 24.7 Å². The number of aryl methyl sites for hydroxylation is 1. The molecule has 2 aromatic rings. The van der Waals surface area contributed by atoms with Crippen LogP contribution in [0.15, 0.2) is 30.6 Å². The van der Waals surface area contributed by atoms with Crippen LogP contribution in [0.4, 0.5) is 0 Å². The molecule has 0 aliphatic rings. The second-order valence-corrected chi connectivity index (χ2v) is 5.11. The fraction of sp³-hybridized carbons (Fsp3) is 0.286. The number of rotatable bonds is 6. The minimum absolute atomic E-state index is 0.0333. The molecule has 110 valence electrons. The maximum Gasteiger partial charge on any atom is 0.224 e. The zero-order valence-electron chi connectivity index (χ0n) is 11.7. The van der Waals surface area contributed by atoms with E-state index < -0.39 is 0 Å². The van der Waals surface area contributed by atoms with Crippen molar-refractivity contribution < 1.29 is 4.79 Å². The smallest absolute Gasteiger partial charge is 0.224 e. The molecule has 21 heavy (non-hydrogen) atoms. The van der Waals surface area contributed by atoms with Gasteiger partial charge in [-0.15, -0.1) is 0 Å². The van der Waals surface area contributed by atoms with E-state index in [-0.39, 0.29) is 5.91 Å². The highest BCUT2D eigenvalue weighted by atomic mass is 32.1. The first-order valence-electron chi connectivity index (χ1n) is 6.54. The van der Waals surface area contributed by atoms with Crippen LogP contribution in [0.2, 0.25) is 0 Å². The first kappa shape index (κ1) is 15.1. The predicted octanol–water partition coefficient (Wildman–Crippen LogP) is 0.351. The molecule has 6 nitrogen and oxygen atoms in total. The predicted molar refractivity (Wildman–Crippen MR) is 83.8 cm³/mol. The van der Waals surface area contributed by atoms with Crippen molar-refractivity contribution in [2.45, 2.75) is 12.8 Å². The summed E-state index contributed by atoms with van der Waals surface area (Å²) in [5.41, 5.74) is 7.25. The average Bonchev–Trinajstić information content (AvgIpc) is 2.85. The first-order chi connectivity index (χ1) is 10.0. The summed E-state index contributed by atoms with van der Waals surface area (Å²) in [6.45, 7) is 0.522. The molecular formula is C14H17N5OS. The van der Waals surface area contributed by atoms with Gasteiger partial charge in [-0.2, -0.15) is 5.10 Å². The molecule has 1 aromatic heterocycles. The van der Waals surface area contributed by atoms with Gasteiger partial charge in [-0.1, -0.05) is 36.5 Å². The number of nitrogens with two attached hydrogens (primary N) is 1. The number of nitrogens with zero attached hydrogens (tertiary/aromatic N) is 3. The third-order valence-corrected chi connectivity index (χ3v) is 3.16. The van der Waals surface area contributed by atoms with Crippen molar-refractivity contribution in [2.75, 3.05) is 6.54 Å². The minimum atomic E-state index is -0.0333. The number of carbonyl (C=O) groups excluding carboxylic acids is 1. The van der Waals surface area contributed by atoms with Crippen LogP contribution in [0.5, 0.6) is 0 Å². The Bertz CT molecular complexity index is 635. The van der Waals surface area contributed by atoms with E-state index in [0.29, 0.717) is 24.4 Å². The normalized spacial score (nSPS) is 10.3. The van der Waals surface area contributed by atoms with Gasteiger partial charge in [-0.05, 0) is 5.56 Å². The minimum Gasteiger partial charge on any atom is -0.389 e. The van der Waals surface area contributed by atoms with Crippen LogP contribution in [0, 0.1) is 0 Å². The van der Waals surface area contributed by atoms with Crippen LogP contribution in [0.25, 0.3) is 0 Å². The van der Waals surface area contributed by atoms with E-state index >= 15 is 0 Å². The lowest BCUT2D eigenvalue weighted by molar-refractivity contribution is -0.120. The van der Waals surface area contributed by atoms with Gasteiger partial charge in [-0.25, -0.2) is 4.98 Å². The molecule has 0 spiro atoms. The van der Waals surface area contributed by atoms with E-state index in [0.717, 1.165) is 17.0 Å². The summed E-state index contributed by atoms with van der Waals surface area (Å²) in [5.74, 6) is 0.688. The Balaban J connectivity index is 1.77. The fourth-order valence-electron chi connectivity index (χ4n) is 1.85. The summed E-state index contributed by atoms with van der Waals surface area (Å²) in [6.07, 6.45) is 2.58. The van der Waals surface area contributed by atoms with Crippen molar-refractivity contribution in [1.29, 1.82) is 0 Å². The number of hydrogen-bond donors (Lipinski definition) is 2. The number of thiocarbonyl (C=S) groups is 1. The molecule has 0 aliphatic carbocycles. The number of amides is 1. The van der Waals surface area contributed by atoms with Crippen LogP contribution in [0.3, 0.4) is 0 Å². The van der Waals surface area contributed by atoms with Crippen molar-refractivity contribution >= 4 is 23.1 Å². The van der Waals surface area contributed by atoms with E-state index in [4.69, 9.17) is 18.0 Å². The van der Waals surface area contributed by atoms with Gasteiger partial charge in [0, 0.05) is 25.6 Å². The molecule has 0 fully saturated rings. The molecule has 1 amide bonds. The fourth-order valence-corrected chi connectivity index (χ4v) is 1.98. The highest BCUT2D eigenvalue weighted by Gasteiger charge is 2.05. The van der Waals surface area contributed by atoms with Gasteiger partial charge in [0.15, 0.2) is 5.82 Å². The van der Waals surface area contributed by atoms with Crippen LogP contribution < -0.4 is 11.1 Å². The van der Waals surface area contributed by atoms with Gasteiger partial charge in [0.25, 0.3) is 0 Å². The SMILES string of the molecule is Cn1cnc(CCNC(=O)Cc2ccc(C(N)=S)cc2)n1. The summed E-state index contributed by atoms with van der Waals surface area (Å²) >= 11 is 4.88. The van der Waals surface area contributed by atoms with Crippen molar-refractivity contribution in [3.63, 3.8) is 0 Å². The summed E-state index contributed by atoms with van der Waals surface area (Å²) in [4.78, 5) is 16.3. The first-order valence-corrected chi connectivity index (χ1v) is 6.95. The Labute approximate surface area is 128 Å². The largest absolute Gasteiger partial charge is 0.389 e. The van der Waals surface area contributed by atoms with Crippen LogP contribution in [-0.4, -0.2) is 32.2 Å². The molecule has 0 unspecified atom stereocenters. The van der Waals surface area contributed by atoms with Crippen molar-refractivity contribution in [1.82, 2.24) is 20.1 Å². The molecule has 1 aromatic carbocycles. The monoisotopic (exact) mass is 303 g/mol. The molecule has 0 atom stereocenters. The molecule has 0 radical (unpaired) electrons. The van der Waals surface area contributed by atoms with E-state index in [9.17, 15) is 4.79 Å². The van der Waals surface area contributed by atoms with Crippen molar-refractivity contribution in [3.05, 3.63) is 47.5 Å². The van der Waals surface area contributed by atoms with Gasteiger partial charge >= 0.3 is 0 Å². The van der Waals surface area contributed by atoms with Crippen molar-refractivity contribution in [3.8, 4) is 0 Å². The van der Waals surface area contributed by atoms with E-state index in [1.54, 1.807) is 11.0 Å². The van der Waals surface area contributed by atoms with Gasteiger partial charge in [0.05, 0.1) is 6.42 Å². The molecular weight excluding hydrogens is 286 g/mol. The third-order valence-electron chi connectivity index (χ3n) is 2.92. The molecule has 0 aliphatic heterocycles. The lowest BCUT2D eigenvalue weighted by Gasteiger charge is -2.05. The van der Waals surface area contributed by atoms with Crippen molar-refractivity contribution in [2.24, 2.45) is 12.8 Å². The third kappa shape index (κ3) is 4.64. The summed E-state index contributed by atoms with van der Waals surface area (Å²) in [6, 6.07) is 7.36. The lowest BCUT2D eigenvalue weighted by atomic mass is 10.1. The molecule has 0 saturated carbocycles. The Hall–Kier alpha value is -2.28. The Kier molecular flexibility index (Phi) is 4.99. The zero-order valence-corrected chi connectivity index (χ0v) is 12.6. The lowest BCUT2D eigenvalue weighted by Crippen LogP contribution is -2.27. The zero-order chi connectivity index (χ0) is 15.2. The topological polar surface area (TPSA) is 85.8 Å².